The third kappa shape index (κ3) is 2.07. The molecule has 0 aromatic heterocycles. The van der Waals surface area contributed by atoms with Crippen molar-refractivity contribution < 1.29 is 0 Å². The topological polar surface area (TPSA) is 12.0 Å². The predicted molar refractivity (Wildman–Crippen MR) is 39.0 cm³/mol. The molecule has 9 heavy (non-hydrogen) atoms. The number of hydrogen-bond donors (Lipinski definition) is 1. The van der Waals surface area contributed by atoms with Crippen LogP contribution in [0.25, 0.3) is 0 Å². The highest BCUT2D eigenvalue weighted by atomic mass is 14.9. The molecule has 1 saturated heterocycles. The molecule has 0 amide bonds. The Balaban J connectivity index is 2.29. The minimum atomic E-state index is 0.493. The Morgan fingerprint density at radius 3 is 3.11 bits per heavy atom. The Hall–Kier alpha value is -0.480. The maximum absolute atomic E-state index is 5.28. The summed E-state index contributed by atoms with van der Waals surface area (Å²) in [5.74, 6) is 3.27. The molecule has 0 unspecified atom stereocenters. The third-order valence-corrected chi connectivity index (χ3v) is 1.78. The Kier molecular flexibility index (Phi) is 2.60. The van der Waals surface area contributed by atoms with E-state index in [0.717, 1.165) is 13.1 Å². The van der Waals surface area contributed by atoms with Gasteiger partial charge >= 0.3 is 0 Å². The molecule has 50 valence electrons. The maximum atomic E-state index is 5.28. The molecule has 1 nitrogen and oxygen atoms in total. The van der Waals surface area contributed by atoms with E-state index < -0.39 is 0 Å². The summed E-state index contributed by atoms with van der Waals surface area (Å²) in [5.41, 5.74) is 0. The molecule has 1 heterocycles. The van der Waals surface area contributed by atoms with E-state index in [1.165, 1.54) is 19.3 Å². The van der Waals surface area contributed by atoms with E-state index in [1.807, 2.05) is 0 Å². The molecular weight excluding hydrogens is 110 g/mol. The quantitative estimate of drug-likeness (QED) is 0.474. The van der Waals surface area contributed by atoms with Crippen molar-refractivity contribution in [3.05, 3.63) is 0 Å². The highest BCUT2D eigenvalue weighted by Gasteiger charge is 2.06. The van der Waals surface area contributed by atoms with E-state index in [-0.39, 0.29) is 0 Å². The van der Waals surface area contributed by atoms with Crippen molar-refractivity contribution >= 4 is 0 Å². The monoisotopic (exact) mass is 123 g/mol. The van der Waals surface area contributed by atoms with Gasteiger partial charge in [0.1, 0.15) is 0 Å². The molecule has 0 spiro atoms. The maximum Gasteiger partial charge on any atom is 0.0325 e. The number of nitrogens with one attached hydrogen (secondary N) is 1. The van der Waals surface area contributed by atoms with Gasteiger partial charge in [0.25, 0.3) is 0 Å². The van der Waals surface area contributed by atoms with Gasteiger partial charge in [-0.3, -0.25) is 0 Å². The van der Waals surface area contributed by atoms with Crippen molar-refractivity contribution in [2.24, 2.45) is 5.92 Å². The van der Waals surface area contributed by atoms with Gasteiger partial charge in [-0.2, -0.15) is 0 Å². The number of rotatable bonds is 0. The van der Waals surface area contributed by atoms with Gasteiger partial charge in [-0.15, -0.1) is 12.3 Å². The highest BCUT2D eigenvalue weighted by Crippen LogP contribution is 2.08. The van der Waals surface area contributed by atoms with Gasteiger partial charge in [-0.25, -0.2) is 0 Å². The Morgan fingerprint density at radius 2 is 2.33 bits per heavy atom. The van der Waals surface area contributed by atoms with Crippen LogP contribution >= 0.6 is 0 Å². The summed E-state index contributed by atoms with van der Waals surface area (Å²) in [5, 5.41) is 3.31. The second-order valence-electron chi connectivity index (χ2n) is 2.56. The molecule has 1 fully saturated rings. The van der Waals surface area contributed by atoms with Crippen LogP contribution in [0.2, 0.25) is 0 Å². The smallest absolute Gasteiger partial charge is 0.0325 e. The summed E-state index contributed by atoms with van der Waals surface area (Å²) >= 11 is 0. The van der Waals surface area contributed by atoms with Crippen molar-refractivity contribution in [3.8, 4) is 12.3 Å². The molecule has 1 aliphatic rings. The lowest BCUT2D eigenvalue weighted by atomic mass is 10.1. The van der Waals surface area contributed by atoms with Crippen LogP contribution in [0.4, 0.5) is 0 Å². The number of terminal acetylenes is 1. The normalized spacial score (nSPS) is 28.6. The van der Waals surface area contributed by atoms with Crippen LogP contribution in [-0.2, 0) is 0 Å². The van der Waals surface area contributed by atoms with E-state index in [1.54, 1.807) is 0 Å². The SMILES string of the molecule is C#C[C@H]1CCCCNC1. The van der Waals surface area contributed by atoms with E-state index in [4.69, 9.17) is 6.42 Å². The van der Waals surface area contributed by atoms with E-state index in [0.29, 0.717) is 5.92 Å². The fourth-order valence-corrected chi connectivity index (χ4v) is 1.16. The first kappa shape index (κ1) is 6.64. The summed E-state index contributed by atoms with van der Waals surface area (Å²) < 4.78 is 0. The lowest BCUT2D eigenvalue weighted by Crippen LogP contribution is -2.19. The molecule has 0 aliphatic carbocycles. The first-order valence-electron chi connectivity index (χ1n) is 3.60. The van der Waals surface area contributed by atoms with Gasteiger partial charge in [-0.05, 0) is 19.4 Å². The largest absolute Gasteiger partial charge is 0.316 e. The second kappa shape index (κ2) is 3.53. The Morgan fingerprint density at radius 1 is 1.44 bits per heavy atom. The second-order valence-corrected chi connectivity index (χ2v) is 2.56. The average molecular weight is 123 g/mol. The predicted octanol–water partition coefficient (Wildman–Crippen LogP) is 1.01. The van der Waals surface area contributed by atoms with Crippen molar-refractivity contribution in [2.45, 2.75) is 19.3 Å². The van der Waals surface area contributed by atoms with Gasteiger partial charge in [0.15, 0.2) is 0 Å². The van der Waals surface area contributed by atoms with E-state index in [9.17, 15) is 0 Å². The molecule has 1 heteroatoms. The molecule has 0 saturated carbocycles. The number of hydrogen-bond acceptors (Lipinski definition) is 1. The molecule has 0 aromatic rings. The van der Waals surface area contributed by atoms with Crippen LogP contribution in [0.3, 0.4) is 0 Å². The van der Waals surface area contributed by atoms with Crippen LogP contribution in [0.15, 0.2) is 0 Å². The van der Waals surface area contributed by atoms with Crippen molar-refractivity contribution in [3.63, 3.8) is 0 Å². The molecule has 0 bridgehead atoms. The third-order valence-electron chi connectivity index (χ3n) is 1.78. The minimum absolute atomic E-state index is 0.493. The first-order valence-corrected chi connectivity index (χ1v) is 3.60. The summed E-state index contributed by atoms with van der Waals surface area (Å²) in [7, 11) is 0. The standard InChI is InChI=1S/C8H13N/c1-2-8-5-3-4-6-9-7-8/h1,8-9H,3-7H2/t8-/m0/s1. The van der Waals surface area contributed by atoms with Crippen LogP contribution in [0.5, 0.6) is 0 Å². The highest BCUT2D eigenvalue weighted by molar-refractivity contribution is 4.94. The lowest BCUT2D eigenvalue weighted by Gasteiger charge is -2.03. The summed E-state index contributed by atoms with van der Waals surface area (Å²) in [6, 6.07) is 0. The van der Waals surface area contributed by atoms with Crippen LogP contribution in [-0.4, -0.2) is 13.1 Å². The summed E-state index contributed by atoms with van der Waals surface area (Å²) in [4.78, 5) is 0. The van der Waals surface area contributed by atoms with Crippen molar-refractivity contribution in [1.29, 1.82) is 0 Å². The van der Waals surface area contributed by atoms with Gasteiger partial charge in [0, 0.05) is 12.5 Å². The molecule has 1 N–H and O–H groups in total. The molecule has 1 aliphatic heterocycles. The summed E-state index contributed by atoms with van der Waals surface area (Å²) in [6.07, 6.45) is 9.08. The Bertz CT molecular complexity index is 104. The summed E-state index contributed by atoms with van der Waals surface area (Å²) in [6.45, 7) is 2.18. The first-order chi connectivity index (χ1) is 4.43. The fourth-order valence-electron chi connectivity index (χ4n) is 1.16. The van der Waals surface area contributed by atoms with E-state index in [2.05, 4.69) is 11.2 Å². The molecule has 1 rings (SSSR count). The zero-order chi connectivity index (χ0) is 6.53. The Labute approximate surface area is 56.8 Å². The average Bonchev–Trinajstić information content (AvgIpc) is 2.13. The molecule has 0 radical (unpaired) electrons. The van der Waals surface area contributed by atoms with Gasteiger partial charge < -0.3 is 5.32 Å². The molecular formula is C8H13N. The van der Waals surface area contributed by atoms with Gasteiger partial charge in [-0.1, -0.05) is 6.42 Å². The van der Waals surface area contributed by atoms with Crippen molar-refractivity contribution in [1.82, 2.24) is 5.32 Å². The molecule has 0 aromatic carbocycles. The van der Waals surface area contributed by atoms with Crippen LogP contribution < -0.4 is 5.32 Å². The lowest BCUT2D eigenvalue weighted by molar-refractivity contribution is 0.597. The van der Waals surface area contributed by atoms with E-state index >= 15 is 0 Å². The minimum Gasteiger partial charge on any atom is -0.316 e. The van der Waals surface area contributed by atoms with Crippen molar-refractivity contribution in [2.75, 3.05) is 13.1 Å². The zero-order valence-corrected chi connectivity index (χ0v) is 5.69. The van der Waals surface area contributed by atoms with Gasteiger partial charge in [0.2, 0.25) is 0 Å². The fraction of sp³-hybridized carbons (Fsp3) is 0.750. The molecule has 1 atom stereocenters. The van der Waals surface area contributed by atoms with Crippen LogP contribution in [0.1, 0.15) is 19.3 Å². The van der Waals surface area contributed by atoms with Gasteiger partial charge in [0.05, 0.1) is 0 Å². The zero-order valence-electron chi connectivity index (χ0n) is 5.69. The van der Waals surface area contributed by atoms with Crippen LogP contribution in [0, 0.1) is 18.3 Å².